The zero-order chi connectivity index (χ0) is 30.3. The highest BCUT2D eigenvalue weighted by molar-refractivity contribution is 5.98. The number of halogens is 1. The first-order valence-electron chi connectivity index (χ1n) is 14.8. The van der Waals surface area contributed by atoms with Crippen molar-refractivity contribution in [3.63, 3.8) is 0 Å². The van der Waals surface area contributed by atoms with Crippen molar-refractivity contribution >= 4 is 23.5 Å². The Kier molecular flexibility index (Phi) is 10.9. The van der Waals surface area contributed by atoms with Crippen molar-refractivity contribution in [3.8, 4) is 5.75 Å². The second-order valence-corrected chi connectivity index (χ2v) is 11.7. The van der Waals surface area contributed by atoms with Gasteiger partial charge in [-0.15, -0.1) is 0 Å². The van der Waals surface area contributed by atoms with Gasteiger partial charge in [0.15, 0.2) is 5.78 Å². The van der Waals surface area contributed by atoms with Crippen LogP contribution in [0.5, 0.6) is 5.75 Å². The van der Waals surface area contributed by atoms with Gasteiger partial charge >= 0.3 is 0 Å². The molecule has 3 aliphatic rings. The molecule has 1 aromatic carbocycles. The summed E-state index contributed by atoms with van der Waals surface area (Å²) in [6.07, 6.45) is 4.44. The number of carbonyl (C=O) groups excluding carboxylic acids is 4. The number of morpholine rings is 1. The van der Waals surface area contributed by atoms with E-state index in [9.17, 15) is 23.6 Å². The molecule has 232 valence electrons. The average Bonchev–Trinajstić information content (AvgIpc) is 3.51. The fourth-order valence-corrected chi connectivity index (χ4v) is 5.56. The fourth-order valence-electron chi connectivity index (χ4n) is 5.56. The van der Waals surface area contributed by atoms with Crippen LogP contribution in [0.25, 0.3) is 0 Å². The van der Waals surface area contributed by atoms with Gasteiger partial charge in [-0.05, 0) is 37.8 Å². The molecule has 1 saturated carbocycles. The molecule has 11 nitrogen and oxygen atoms in total. The summed E-state index contributed by atoms with van der Waals surface area (Å²) < 4.78 is 30.7. The van der Waals surface area contributed by atoms with E-state index in [1.807, 2.05) is 4.90 Å². The van der Waals surface area contributed by atoms with Crippen molar-refractivity contribution in [1.82, 2.24) is 20.9 Å². The Labute approximate surface area is 246 Å². The van der Waals surface area contributed by atoms with Crippen LogP contribution in [-0.2, 0) is 35.1 Å². The molecular formula is C30H43FN4O7. The Morgan fingerprint density at radius 1 is 1.07 bits per heavy atom. The smallest absolute Gasteiger partial charge is 0.243 e. The van der Waals surface area contributed by atoms with Crippen LogP contribution in [0.15, 0.2) is 18.2 Å². The lowest BCUT2D eigenvalue weighted by Gasteiger charge is -2.27. The van der Waals surface area contributed by atoms with E-state index in [0.29, 0.717) is 51.0 Å². The standard InChI is InChI=1S/C30H43FN4O7/c1-19(32-26(36)17-35-10-12-41-13-11-35)28(38)34-25(15-21-8-9-22(40-3)16-23(21)31)29(39)33-24(14-20-6-4-5-7-20)27(37)30(2)18-42-30/h8-9,16,19-20,24-25H,4-7,10-15,17-18H2,1-3H3,(H,32,36)(H,33,39)(H,34,38)/t19-,24-,25-,30+/m0/s1. The van der Waals surface area contributed by atoms with Gasteiger partial charge < -0.3 is 30.2 Å². The monoisotopic (exact) mass is 590 g/mol. The highest BCUT2D eigenvalue weighted by Gasteiger charge is 2.50. The first kappa shape index (κ1) is 31.8. The predicted octanol–water partition coefficient (Wildman–Crippen LogP) is 1.12. The summed E-state index contributed by atoms with van der Waals surface area (Å²) >= 11 is 0. The van der Waals surface area contributed by atoms with Crippen LogP contribution in [0, 0.1) is 11.7 Å². The summed E-state index contributed by atoms with van der Waals surface area (Å²) in [5.41, 5.74) is -0.743. The zero-order valence-electron chi connectivity index (χ0n) is 24.7. The van der Waals surface area contributed by atoms with Crippen molar-refractivity contribution in [2.45, 2.75) is 76.1 Å². The van der Waals surface area contributed by atoms with Crippen molar-refractivity contribution in [1.29, 1.82) is 0 Å². The molecule has 4 atom stereocenters. The van der Waals surface area contributed by atoms with Crippen molar-refractivity contribution < 1.29 is 37.8 Å². The Hall–Kier alpha value is -3.09. The van der Waals surface area contributed by atoms with Crippen LogP contribution in [0.2, 0.25) is 0 Å². The predicted molar refractivity (Wildman–Crippen MR) is 151 cm³/mol. The molecule has 12 heteroatoms. The molecule has 3 amide bonds. The third kappa shape index (κ3) is 8.71. The summed E-state index contributed by atoms with van der Waals surface area (Å²) in [7, 11) is 1.42. The molecule has 0 unspecified atom stereocenters. The van der Waals surface area contributed by atoms with Gasteiger partial charge in [0.1, 0.15) is 29.3 Å². The SMILES string of the molecule is COc1ccc(C[C@H](NC(=O)[C@H](C)NC(=O)CN2CCOCC2)C(=O)N[C@@H](CC2CCCC2)C(=O)[C@@]2(C)CO2)c(F)c1. The topological polar surface area (TPSA) is 139 Å². The first-order valence-corrected chi connectivity index (χ1v) is 14.8. The van der Waals surface area contributed by atoms with E-state index in [1.54, 1.807) is 13.0 Å². The van der Waals surface area contributed by atoms with Gasteiger partial charge in [-0.3, -0.25) is 24.1 Å². The average molecular weight is 591 g/mol. The van der Waals surface area contributed by atoms with Crippen LogP contribution in [-0.4, -0.2) is 98.7 Å². The molecule has 1 aromatic rings. The maximum Gasteiger partial charge on any atom is 0.243 e. The van der Waals surface area contributed by atoms with E-state index in [4.69, 9.17) is 14.2 Å². The number of rotatable bonds is 14. The number of carbonyl (C=O) groups is 4. The number of benzene rings is 1. The van der Waals surface area contributed by atoms with Gasteiger partial charge in [0, 0.05) is 25.6 Å². The lowest BCUT2D eigenvalue weighted by molar-refractivity contribution is -0.134. The summed E-state index contributed by atoms with van der Waals surface area (Å²) in [6, 6.07) is 1.32. The number of hydrogen-bond acceptors (Lipinski definition) is 8. The summed E-state index contributed by atoms with van der Waals surface area (Å²) in [4.78, 5) is 54.7. The molecular weight excluding hydrogens is 547 g/mol. The quantitative estimate of drug-likeness (QED) is 0.274. The minimum absolute atomic E-state index is 0.119. The van der Waals surface area contributed by atoms with Gasteiger partial charge in [0.2, 0.25) is 17.7 Å². The molecule has 2 saturated heterocycles. The molecule has 3 fully saturated rings. The van der Waals surface area contributed by atoms with Crippen molar-refractivity contribution in [2.75, 3.05) is 46.6 Å². The Balaban J connectivity index is 1.46. The number of ketones is 1. The number of methoxy groups -OCH3 is 1. The van der Waals surface area contributed by atoms with Crippen LogP contribution < -0.4 is 20.7 Å². The van der Waals surface area contributed by atoms with Gasteiger partial charge in [0.25, 0.3) is 0 Å². The third-order valence-electron chi connectivity index (χ3n) is 8.33. The Morgan fingerprint density at radius 3 is 2.36 bits per heavy atom. The second-order valence-electron chi connectivity index (χ2n) is 11.7. The summed E-state index contributed by atoms with van der Waals surface area (Å²) in [5.74, 6) is -1.71. The first-order chi connectivity index (χ1) is 20.1. The molecule has 0 radical (unpaired) electrons. The highest BCUT2D eigenvalue weighted by atomic mass is 19.1. The van der Waals surface area contributed by atoms with Crippen LogP contribution in [0.1, 0.15) is 51.5 Å². The number of epoxide rings is 1. The minimum Gasteiger partial charge on any atom is -0.497 e. The third-order valence-corrected chi connectivity index (χ3v) is 8.33. The molecule has 0 bridgehead atoms. The van der Waals surface area contributed by atoms with E-state index in [0.717, 1.165) is 25.7 Å². The van der Waals surface area contributed by atoms with Crippen molar-refractivity contribution in [3.05, 3.63) is 29.6 Å². The van der Waals surface area contributed by atoms with Crippen LogP contribution >= 0.6 is 0 Å². The van der Waals surface area contributed by atoms with Gasteiger partial charge in [-0.25, -0.2) is 4.39 Å². The van der Waals surface area contributed by atoms with E-state index >= 15 is 0 Å². The van der Waals surface area contributed by atoms with Crippen LogP contribution in [0.4, 0.5) is 4.39 Å². The van der Waals surface area contributed by atoms with E-state index in [1.165, 1.54) is 26.2 Å². The van der Waals surface area contributed by atoms with E-state index in [-0.39, 0.29) is 30.2 Å². The van der Waals surface area contributed by atoms with Crippen LogP contribution in [0.3, 0.4) is 0 Å². The Bertz CT molecular complexity index is 1130. The second kappa shape index (κ2) is 14.4. The normalized spacial score (nSPS) is 23.0. The van der Waals surface area contributed by atoms with E-state index in [2.05, 4.69) is 16.0 Å². The summed E-state index contributed by atoms with van der Waals surface area (Å²) in [6.45, 7) is 5.96. The Morgan fingerprint density at radius 2 is 1.74 bits per heavy atom. The molecule has 3 N–H and O–H groups in total. The lowest BCUT2D eigenvalue weighted by atomic mass is 9.90. The number of Topliss-reactive ketones (excluding diaryl/α,β-unsaturated/α-hetero) is 1. The molecule has 4 rings (SSSR count). The fraction of sp³-hybridized carbons (Fsp3) is 0.667. The number of hydrogen-bond donors (Lipinski definition) is 3. The molecule has 0 spiro atoms. The lowest BCUT2D eigenvalue weighted by Crippen LogP contribution is -2.57. The highest BCUT2D eigenvalue weighted by Crippen LogP contribution is 2.33. The zero-order valence-corrected chi connectivity index (χ0v) is 24.7. The maximum atomic E-state index is 14.9. The summed E-state index contributed by atoms with van der Waals surface area (Å²) in [5, 5.41) is 8.21. The van der Waals surface area contributed by atoms with Gasteiger partial charge in [0.05, 0.1) is 39.5 Å². The van der Waals surface area contributed by atoms with Gasteiger partial charge in [-0.1, -0.05) is 31.7 Å². The molecule has 2 aliphatic heterocycles. The molecule has 42 heavy (non-hydrogen) atoms. The van der Waals surface area contributed by atoms with E-state index < -0.39 is 41.4 Å². The van der Waals surface area contributed by atoms with Gasteiger partial charge in [-0.2, -0.15) is 0 Å². The van der Waals surface area contributed by atoms with Crippen molar-refractivity contribution in [2.24, 2.45) is 5.92 Å². The molecule has 0 aromatic heterocycles. The number of ether oxygens (including phenoxy) is 3. The maximum absolute atomic E-state index is 14.9. The minimum atomic E-state index is -1.20. The largest absolute Gasteiger partial charge is 0.497 e. The number of amides is 3. The molecule has 1 aliphatic carbocycles. The number of nitrogens with one attached hydrogen (secondary N) is 3. The molecule has 2 heterocycles. The number of nitrogens with zero attached hydrogens (tertiary/aromatic N) is 1.